The minimum absolute atomic E-state index is 0.0170. The molecule has 4 heterocycles. The number of nitrogens with zero attached hydrogens (tertiary/aromatic N) is 5. The summed E-state index contributed by atoms with van der Waals surface area (Å²) in [5.41, 5.74) is 2.97. The van der Waals surface area contributed by atoms with Crippen LogP contribution in [0.1, 0.15) is 35.8 Å². The zero-order chi connectivity index (χ0) is 22.8. The van der Waals surface area contributed by atoms with Crippen molar-refractivity contribution in [1.82, 2.24) is 25.1 Å². The first-order valence-electron chi connectivity index (χ1n) is 11.0. The van der Waals surface area contributed by atoms with E-state index in [1.807, 2.05) is 18.3 Å². The predicted octanol–water partition coefficient (Wildman–Crippen LogP) is 2.21. The van der Waals surface area contributed by atoms with Gasteiger partial charge in [0.1, 0.15) is 11.2 Å². The van der Waals surface area contributed by atoms with Gasteiger partial charge in [-0.1, -0.05) is 12.0 Å². The topological polar surface area (TPSA) is 105 Å². The Bertz CT molecular complexity index is 1250. The van der Waals surface area contributed by atoms with Crippen LogP contribution in [-0.2, 0) is 9.53 Å². The van der Waals surface area contributed by atoms with Crippen molar-refractivity contribution in [2.45, 2.75) is 18.9 Å². The maximum Gasteiger partial charge on any atom is 0.228 e. The Hall–Kier alpha value is -3.61. The molecule has 0 radical (unpaired) electrons. The molecule has 0 spiro atoms. The molecule has 0 bridgehead atoms. The summed E-state index contributed by atoms with van der Waals surface area (Å²) in [6.07, 6.45) is 5.39. The lowest BCUT2D eigenvalue weighted by molar-refractivity contribution is -0.117. The molecule has 9 heteroatoms. The number of carbonyl (C=O) groups is 1. The number of ether oxygens (including phenoxy) is 1. The van der Waals surface area contributed by atoms with Crippen molar-refractivity contribution in [3.05, 3.63) is 47.4 Å². The summed E-state index contributed by atoms with van der Waals surface area (Å²) in [5.74, 6) is 7.34. The highest BCUT2D eigenvalue weighted by atomic mass is 16.5. The van der Waals surface area contributed by atoms with Gasteiger partial charge >= 0.3 is 0 Å². The second-order valence-corrected chi connectivity index (χ2v) is 8.37. The zero-order valence-electron chi connectivity index (χ0n) is 18.6. The number of likely N-dealkylation sites (N-methyl/N-ethyl adjacent to an activating group) is 1. The summed E-state index contributed by atoms with van der Waals surface area (Å²) in [6, 6.07) is 5.71. The van der Waals surface area contributed by atoms with Crippen molar-refractivity contribution in [3.8, 4) is 11.8 Å². The first-order valence-corrected chi connectivity index (χ1v) is 11.0. The van der Waals surface area contributed by atoms with E-state index in [2.05, 4.69) is 54.6 Å². The van der Waals surface area contributed by atoms with Crippen molar-refractivity contribution < 1.29 is 9.53 Å². The fraction of sp³-hybridized carbons (Fsp3) is 0.375. The van der Waals surface area contributed by atoms with Crippen LogP contribution >= 0.6 is 0 Å². The van der Waals surface area contributed by atoms with Crippen molar-refractivity contribution in [2.24, 2.45) is 5.92 Å². The Kier molecular flexibility index (Phi) is 5.86. The second kappa shape index (κ2) is 9.10. The third-order valence-corrected chi connectivity index (χ3v) is 5.82. The first-order chi connectivity index (χ1) is 16.1. The fourth-order valence-electron chi connectivity index (χ4n) is 3.73. The molecule has 168 valence electrons. The molecule has 1 unspecified atom stereocenters. The standard InChI is InChI=1S/C24H25N7O2/c1-25-23-22-19(11-21(29-30-22)28-24(32)15-3-4-15)16(12-27-23)5-7-18-8-6-17(13-26-18)20-14-31(2)9-10-33-20/h6,8,11-13,15,20H,3-4,9-10,14H2,1-2H3,(H,25,27)(H,28,29,32). The fourth-order valence-corrected chi connectivity index (χ4v) is 3.73. The number of anilines is 2. The quantitative estimate of drug-likeness (QED) is 0.592. The summed E-state index contributed by atoms with van der Waals surface area (Å²) < 4.78 is 5.86. The van der Waals surface area contributed by atoms with Gasteiger partial charge in [0.15, 0.2) is 11.6 Å². The first kappa shape index (κ1) is 21.2. The van der Waals surface area contributed by atoms with E-state index in [0.29, 0.717) is 28.4 Å². The van der Waals surface area contributed by atoms with E-state index in [1.54, 1.807) is 19.3 Å². The van der Waals surface area contributed by atoms with E-state index in [1.165, 1.54) is 0 Å². The van der Waals surface area contributed by atoms with Crippen LogP contribution in [0.15, 0.2) is 30.6 Å². The number of aromatic nitrogens is 4. The Balaban J connectivity index is 1.42. The molecule has 9 nitrogen and oxygen atoms in total. The van der Waals surface area contributed by atoms with Crippen molar-refractivity contribution in [3.63, 3.8) is 0 Å². The summed E-state index contributed by atoms with van der Waals surface area (Å²) in [7, 11) is 3.87. The van der Waals surface area contributed by atoms with Gasteiger partial charge in [-0.25, -0.2) is 9.97 Å². The molecule has 33 heavy (non-hydrogen) atoms. The Morgan fingerprint density at radius 2 is 2.06 bits per heavy atom. The number of carbonyl (C=O) groups excluding carboxylic acids is 1. The van der Waals surface area contributed by atoms with E-state index in [0.717, 1.165) is 43.5 Å². The highest BCUT2D eigenvalue weighted by Gasteiger charge is 2.30. The monoisotopic (exact) mass is 443 g/mol. The predicted molar refractivity (Wildman–Crippen MR) is 125 cm³/mol. The third kappa shape index (κ3) is 4.77. The number of rotatable bonds is 4. The van der Waals surface area contributed by atoms with Gasteiger partial charge in [0.2, 0.25) is 5.91 Å². The van der Waals surface area contributed by atoms with Gasteiger partial charge in [0.25, 0.3) is 0 Å². The van der Waals surface area contributed by atoms with Crippen LogP contribution in [0.25, 0.3) is 10.9 Å². The number of nitrogens with one attached hydrogen (secondary N) is 2. The SMILES string of the molecule is CNc1ncc(C#Cc2ccc(C3CN(C)CCO3)cn2)c2cc(NC(=O)C3CC3)nnc12. The minimum atomic E-state index is -0.0170. The highest BCUT2D eigenvalue weighted by Crippen LogP contribution is 2.30. The molecule has 2 aliphatic rings. The van der Waals surface area contributed by atoms with Crippen LogP contribution in [-0.4, -0.2) is 64.8 Å². The van der Waals surface area contributed by atoms with Crippen LogP contribution in [0.3, 0.4) is 0 Å². The molecule has 2 fully saturated rings. The molecular formula is C24H25N7O2. The molecule has 1 atom stereocenters. The van der Waals surface area contributed by atoms with Crippen LogP contribution in [0.5, 0.6) is 0 Å². The molecule has 1 amide bonds. The molecular weight excluding hydrogens is 418 g/mol. The van der Waals surface area contributed by atoms with Crippen molar-refractivity contribution in [2.75, 3.05) is 44.4 Å². The number of amides is 1. The van der Waals surface area contributed by atoms with Crippen LogP contribution in [0.2, 0.25) is 0 Å². The minimum Gasteiger partial charge on any atom is -0.371 e. The van der Waals surface area contributed by atoms with Gasteiger partial charge in [0, 0.05) is 49.4 Å². The number of fused-ring (bicyclic) bond motifs is 1. The Morgan fingerprint density at radius 1 is 1.18 bits per heavy atom. The summed E-state index contributed by atoms with van der Waals surface area (Å²) in [5, 5.41) is 15.1. The smallest absolute Gasteiger partial charge is 0.228 e. The third-order valence-electron chi connectivity index (χ3n) is 5.82. The molecule has 1 saturated carbocycles. The van der Waals surface area contributed by atoms with E-state index >= 15 is 0 Å². The molecule has 2 N–H and O–H groups in total. The average Bonchev–Trinajstić information content (AvgIpc) is 3.68. The van der Waals surface area contributed by atoms with Crippen molar-refractivity contribution >= 4 is 28.4 Å². The molecule has 3 aromatic heterocycles. The van der Waals surface area contributed by atoms with Gasteiger partial charge in [-0.05, 0) is 37.9 Å². The van der Waals surface area contributed by atoms with Crippen LogP contribution in [0, 0.1) is 17.8 Å². The lowest BCUT2D eigenvalue weighted by atomic mass is 10.1. The van der Waals surface area contributed by atoms with Gasteiger partial charge in [0.05, 0.1) is 18.3 Å². The Morgan fingerprint density at radius 3 is 2.79 bits per heavy atom. The molecule has 5 rings (SSSR count). The van der Waals surface area contributed by atoms with Gasteiger partial charge in [-0.3, -0.25) is 4.79 Å². The van der Waals surface area contributed by atoms with Crippen molar-refractivity contribution in [1.29, 1.82) is 0 Å². The number of hydrogen-bond acceptors (Lipinski definition) is 8. The number of hydrogen-bond donors (Lipinski definition) is 2. The molecule has 3 aromatic rings. The summed E-state index contributed by atoms with van der Waals surface area (Å²) in [4.78, 5) is 23.3. The molecule has 1 aliphatic carbocycles. The summed E-state index contributed by atoms with van der Waals surface area (Å²) >= 11 is 0. The van der Waals surface area contributed by atoms with E-state index in [4.69, 9.17) is 4.74 Å². The lowest BCUT2D eigenvalue weighted by Crippen LogP contribution is -2.35. The zero-order valence-corrected chi connectivity index (χ0v) is 18.6. The number of pyridine rings is 2. The van der Waals surface area contributed by atoms with Crippen LogP contribution in [0.4, 0.5) is 11.6 Å². The largest absolute Gasteiger partial charge is 0.371 e. The van der Waals surface area contributed by atoms with E-state index < -0.39 is 0 Å². The van der Waals surface area contributed by atoms with Gasteiger partial charge < -0.3 is 20.3 Å². The maximum absolute atomic E-state index is 12.1. The molecule has 0 aromatic carbocycles. The Labute approximate surface area is 192 Å². The molecule has 1 aliphatic heterocycles. The molecule has 1 saturated heterocycles. The van der Waals surface area contributed by atoms with E-state index in [-0.39, 0.29) is 17.9 Å². The second-order valence-electron chi connectivity index (χ2n) is 8.37. The highest BCUT2D eigenvalue weighted by molar-refractivity contribution is 5.97. The van der Waals surface area contributed by atoms with E-state index in [9.17, 15) is 4.79 Å². The summed E-state index contributed by atoms with van der Waals surface area (Å²) in [6.45, 7) is 2.51. The normalized spacial score (nSPS) is 18.4. The maximum atomic E-state index is 12.1. The van der Waals surface area contributed by atoms with Gasteiger partial charge in [-0.2, -0.15) is 0 Å². The average molecular weight is 444 g/mol. The number of morpholine rings is 1. The van der Waals surface area contributed by atoms with Crippen LogP contribution < -0.4 is 10.6 Å². The van der Waals surface area contributed by atoms with Gasteiger partial charge in [-0.15, -0.1) is 10.2 Å². The lowest BCUT2D eigenvalue weighted by Gasteiger charge is -2.30.